The van der Waals surface area contributed by atoms with Gasteiger partial charge in [-0.2, -0.15) is 0 Å². The first-order valence-corrected chi connectivity index (χ1v) is 11.7. The van der Waals surface area contributed by atoms with Gasteiger partial charge in [0.1, 0.15) is 17.7 Å². The molecule has 4 rings (SSSR count). The second-order valence-electron chi connectivity index (χ2n) is 9.12. The number of morpholine rings is 1. The molecule has 7 heteroatoms. The van der Waals surface area contributed by atoms with E-state index in [4.69, 9.17) is 9.47 Å². The average Bonchev–Trinajstić information content (AvgIpc) is 2.84. The zero-order chi connectivity index (χ0) is 24.1. The Morgan fingerprint density at radius 1 is 1.24 bits per heavy atom. The van der Waals surface area contributed by atoms with E-state index in [2.05, 4.69) is 23.7 Å². The van der Waals surface area contributed by atoms with Crippen molar-refractivity contribution in [2.45, 2.75) is 33.0 Å². The van der Waals surface area contributed by atoms with Crippen molar-refractivity contribution >= 4 is 16.8 Å². The van der Waals surface area contributed by atoms with E-state index in [-0.39, 0.29) is 11.7 Å². The highest BCUT2D eigenvalue weighted by Crippen LogP contribution is 2.25. The summed E-state index contributed by atoms with van der Waals surface area (Å²) in [5.74, 6) is 0.457. The van der Waals surface area contributed by atoms with Crippen molar-refractivity contribution in [3.63, 3.8) is 0 Å². The Balaban J connectivity index is 1.51. The Labute approximate surface area is 200 Å². The molecule has 0 spiro atoms. The zero-order valence-corrected chi connectivity index (χ0v) is 20.0. The molecule has 2 heterocycles. The summed E-state index contributed by atoms with van der Waals surface area (Å²) in [6.07, 6.45) is 1.17. The molecule has 6 nitrogen and oxygen atoms in total. The average molecular weight is 466 g/mol. The minimum atomic E-state index is -0.604. The Morgan fingerprint density at radius 3 is 2.82 bits per heavy atom. The summed E-state index contributed by atoms with van der Waals surface area (Å²) < 4.78 is 25.7. The smallest absolute Gasteiger partial charge is 0.253 e. The standard InChI is InChI=1S/C27H32FN3O3/c1-19(2)15-31(16-21-8-4-7-20-9-6-12-29-26(20)21)27(32)25-18-30(13-14-34-25)17-22-23(28)10-5-11-24(22)33-3/h4-12,19,25H,13-18H2,1-3H3/t25-/m1/s1. The number of amides is 1. The largest absolute Gasteiger partial charge is 0.496 e. The molecule has 1 fully saturated rings. The number of carbonyl (C=O) groups excluding carboxylic acids is 1. The Bertz CT molecular complexity index is 1130. The predicted octanol–water partition coefficient (Wildman–Crippen LogP) is 4.27. The lowest BCUT2D eigenvalue weighted by atomic mass is 10.1. The van der Waals surface area contributed by atoms with E-state index in [1.165, 1.54) is 13.2 Å². The van der Waals surface area contributed by atoms with Crippen LogP contribution >= 0.6 is 0 Å². The second kappa shape index (κ2) is 10.9. The van der Waals surface area contributed by atoms with E-state index < -0.39 is 6.10 Å². The van der Waals surface area contributed by atoms with Crippen LogP contribution in [0, 0.1) is 11.7 Å². The minimum Gasteiger partial charge on any atom is -0.496 e. The van der Waals surface area contributed by atoms with Gasteiger partial charge >= 0.3 is 0 Å². The second-order valence-corrected chi connectivity index (χ2v) is 9.12. The number of aromatic nitrogens is 1. The highest BCUT2D eigenvalue weighted by Gasteiger charge is 2.31. The molecule has 0 N–H and O–H groups in total. The number of ether oxygens (including phenoxy) is 2. The van der Waals surface area contributed by atoms with Crippen LogP contribution in [-0.2, 0) is 22.6 Å². The fourth-order valence-corrected chi connectivity index (χ4v) is 4.48. The van der Waals surface area contributed by atoms with Crippen LogP contribution < -0.4 is 4.74 Å². The predicted molar refractivity (Wildman–Crippen MR) is 130 cm³/mol. The van der Waals surface area contributed by atoms with Crippen LogP contribution in [0.1, 0.15) is 25.0 Å². The number of nitrogens with zero attached hydrogens (tertiary/aromatic N) is 3. The summed E-state index contributed by atoms with van der Waals surface area (Å²) in [5.41, 5.74) is 2.42. The fraction of sp³-hybridized carbons (Fsp3) is 0.407. The summed E-state index contributed by atoms with van der Waals surface area (Å²) in [6, 6.07) is 14.8. The van der Waals surface area contributed by atoms with Crippen LogP contribution in [0.25, 0.3) is 10.9 Å². The van der Waals surface area contributed by atoms with Gasteiger partial charge in [-0.25, -0.2) is 4.39 Å². The molecule has 1 aliphatic rings. The lowest BCUT2D eigenvalue weighted by Crippen LogP contribution is -2.51. The maximum Gasteiger partial charge on any atom is 0.253 e. The quantitative estimate of drug-likeness (QED) is 0.497. The fourth-order valence-electron chi connectivity index (χ4n) is 4.48. The summed E-state index contributed by atoms with van der Waals surface area (Å²) in [7, 11) is 1.54. The number of para-hydroxylation sites is 1. The molecule has 1 aromatic heterocycles. The van der Waals surface area contributed by atoms with Gasteiger partial charge in [0, 0.05) is 49.9 Å². The van der Waals surface area contributed by atoms with Crippen molar-refractivity contribution in [3.8, 4) is 5.75 Å². The zero-order valence-electron chi connectivity index (χ0n) is 20.0. The lowest BCUT2D eigenvalue weighted by molar-refractivity contribution is -0.151. The Kier molecular flexibility index (Phi) is 7.75. The van der Waals surface area contributed by atoms with Crippen molar-refractivity contribution < 1.29 is 18.7 Å². The maximum atomic E-state index is 14.5. The van der Waals surface area contributed by atoms with Crippen molar-refractivity contribution in [1.82, 2.24) is 14.8 Å². The molecular weight excluding hydrogens is 433 g/mol. The van der Waals surface area contributed by atoms with Crippen molar-refractivity contribution in [2.75, 3.05) is 33.4 Å². The highest BCUT2D eigenvalue weighted by atomic mass is 19.1. The van der Waals surface area contributed by atoms with Gasteiger partial charge < -0.3 is 14.4 Å². The van der Waals surface area contributed by atoms with Crippen LogP contribution in [0.15, 0.2) is 54.7 Å². The molecule has 34 heavy (non-hydrogen) atoms. The minimum absolute atomic E-state index is 0.0492. The van der Waals surface area contributed by atoms with E-state index in [1.54, 1.807) is 18.3 Å². The first kappa shape index (κ1) is 24.1. The van der Waals surface area contributed by atoms with Crippen molar-refractivity contribution in [3.05, 3.63) is 71.7 Å². The van der Waals surface area contributed by atoms with Crippen molar-refractivity contribution in [1.29, 1.82) is 0 Å². The number of benzene rings is 2. The molecule has 1 aliphatic heterocycles. The number of pyridine rings is 1. The Hall–Kier alpha value is -3.03. The normalized spacial score (nSPS) is 16.7. The van der Waals surface area contributed by atoms with E-state index >= 15 is 0 Å². The molecular formula is C27H32FN3O3. The van der Waals surface area contributed by atoms with E-state index in [0.717, 1.165) is 16.5 Å². The van der Waals surface area contributed by atoms with E-state index in [1.807, 2.05) is 35.2 Å². The molecule has 1 amide bonds. The molecule has 1 saturated heterocycles. The molecule has 180 valence electrons. The number of rotatable bonds is 8. The molecule has 1 atom stereocenters. The third-order valence-electron chi connectivity index (χ3n) is 6.08. The first-order valence-electron chi connectivity index (χ1n) is 11.7. The summed E-state index contributed by atoms with van der Waals surface area (Å²) in [5, 5.41) is 1.05. The monoisotopic (exact) mass is 465 g/mol. The molecule has 0 unspecified atom stereocenters. The molecule has 0 bridgehead atoms. The van der Waals surface area contributed by atoms with Gasteiger partial charge in [0.2, 0.25) is 0 Å². The van der Waals surface area contributed by atoms with Gasteiger partial charge in [0.15, 0.2) is 0 Å². The van der Waals surface area contributed by atoms with Gasteiger partial charge in [-0.15, -0.1) is 0 Å². The third-order valence-corrected chi connectivity index (χ3v) is 6.08. The molecule has 0 radical (unpaired) electrons. The number of carbonyl (C=O) groups is 1. The first-order chi connectivity index (χ1) is 16.5. The summed E-state index contributed by atoms with van der Waals surface area (Å²) in [4.78, 5) is 22.1. The van der Waals surface area contributed by atoms with Crippen molar-refractivity contribution in [2.24, 2.45) is 5.92 Å². The van der Waals surface area contributed by atoms with Crippen LogP contribution in [0.3, 0.4) is 0 Å². The van der Waals surface area contributed by atoms with Crippen LogP contribution in [0.4, 0.5) is 4.39 Å². The van der Waals surface area contributed by atoms with Crippen LogP contribution in [0.5, 0.6) is 5.75 Å². The molecule has 2 aromatic carbocycles. The third kappa shape index (κ3) is 5.54. The molecule has 0 saturated carbocycles. The van der Waals surface area contributed by atoms with Crippen LogP contribution in [0.2, 0.25) is 0 Å². The van der Waals surface area contributed by atoms with Gasteiger partial charge in [-0.1, -0.05) is 44.2 Å². The van der Waals surface area contributed by atoms with E-state index in [9.17, 15) is 9.18 Å². The van der Waals surface area contributed by atoms with Gasteiger partial charge in [0.05, 0.1) is 19.2 Å². The number of halogens is 1. The summed E-state index contributed by atoms with van der Waals surface area (Å²) >= 11 is 0. The number of fused-ring (bicyclic) bond motifs is 1. The lowest BCUT2D eigenvalue weighted by Gasteiger charge is -2.36. The Morgan fingerprint density at radius 2 is 2.03 bits per heavy atom. The molecule has 3 aromatic rings. The SMILES string of the molecule is COc1cccc(F)c1CN1CCO[C@@H](C(=O)N(Cc2cccc3cccnc23)CC(C)C)C1. The number of hydrogen-bond acceptors (Lipinski definition) is 5. The molecule has 0 aliphatic carbocycles. The van der Waals surface area contributed by atoms with Gasteiger partial charge in [-0.3, -0.25) is 14.7 Å². The van der Waals surface area contributed by atoms with Gasteiger partial charge in [0.25, 0.3) is 5.91 Å². The number of hydrogen-bond donors (Lipinski definition) is 0. The topological polar surface area (TPSA) is 54.9 Å². The maximum absolute atomic E-state index is 14.5. The van der Waals surface area contributed by atoms with Gasteiger partial charge in [-0.05, 0) is 29.7 Å². The highest BCUT2D eigenvalue weighted by molar-refractivity contribution is 5.84. The number of methoxy groups -OCH3 is 1. The van der Waals surface area contributed by atoms with E-state index in [0.29, 0.717) is 56.6 Å². The summed E-state index contributed by atoms with van der Waals surface area (Å²) in [6.45, 7) is 7.08. The van der Waals surface area contributed by atoms with Crippen LogP contribution in [-0.4, -0.2) is 60.1 Å².